The normalized spacial score (nSPS) is 13.6. The van der Waals surface area contributed by atoms with Crippen LogP contribution in [0.3, 0.4) is 0 Å². The zero-order chi connectivity index (χ0) is 23.9. The lowest BCUT2D eigenvalue weighted by Gasteiger charge is -2.21. The summed E-state index contributed by atoms with van der Waals surface area (Å²) in [4.78, 5) is 12.5. The number of anilines is 1. The lowest BCUT2D eigenvalue weighted by atomic mass is 9.95. The maximum atomic E-state index is 14.7. The average molecular weight is 596 g/mol. The van der Waals surface area contributed by atoms with Crippen LogP contribution in [0.5, 0.6) is 0 Å². The van der Waals surface area contributed by atoms with E-state index < -0.39 is 15.8 Å². The maximum Gasteiger partial charge on any atom is 0.273 e. The molecule has 0 spiro atoms. The summed E-state index contributed by atoms with van der Waals surface area (Å²) in [6.07, 6.45) is 3.45. The van der Waals surface area contributed by atoms with Crippen molar-refractivity contribution in [1.82, 2.24) is 5.32 Å². The molecule has 0 unspecified atom stereocenters. The summed E-state index contributed by atoms with van der Waals surface area (Å²) in [6.45, 7) is 5.49. The Hall–Kier alpha value is -2.24. The SMILES string of the molecule is C=Cc1cc(-c2cc(C(=O)NC3CC3)cc(F)c2C)ccc1N(C)S(=O)(=O)c1ccc(I)s1. The van der Waals surface area contributed by atoms with Crippen molar-refractivity contribution in [3.8, 4) is 11.1 Å². The molecule has 0 atom stereocenters. The van der Waals surface area contributed by atoms with E-state index in [0.717, 1.165) is 15.7 Å². The number of carbonyl (C=O) groups is 1. The van der Waals surface area contributed by atoms with E-state index in [4.69, 9.17) is 0 Å². The van der Waals surface area contributed by atoms with Crippen molar-refractivity contribution in [2.75, 3.05) is 11.4 Å². The number of amides is 1. The first kappa shape index (κ1) is 23.9. The second-order valence-electron chi connectivity index (χ2n) is 7.89. The monoisotopic (exact) mass is 596 g/mol. The molecule has 1 amide bonds. The minimum atomic E-state index is -3.73. The molecule has 1 N–H and O–H groups in total. The molecule has 1 aromatic heterocycles. The van der Waals surface area contributed by atoms with Crippen molar-refractivity contribution in [2.45, 2.75) is 30.0 Å². The number of nitrogens with one attached hydrogen (secondary N) is 1. The van der Waals surface area contributed by atoms with Crippen LogP contribution in [0.4, 0.5) is 10.1 Å². The fraction of sp³-hybridized carbons (Fsp3) is 0.208. The van der Waals surface area contributed by atoms with Crippen molar-refractivity contribution in [1.29, 1.82) is 0 Å². The molecule has 0 radical (unpaired) electrons. The third-order valence-corrected chi connectivity index (χ3v) is 9.71. The van der Waals surface area contributed by atoms with E-state index in [1.54, 1.807) is 49.4 Å². The summed E-state index contributed by atoms with van der Waals surface area (Å²) < 4.78 is 43.2. The van der Waals surface area contributed by atoms with Crippen LogP contribution in [0.25, 0.3) is 17.2 Å². The van der Waals surface area contributed by atoms with Gasteiger partial charge in [0.15, 0.2) is 0 Å². The first-order valence-electron chi connectivity index (χ1n) is 10.2. The van der Waals surface area contributed by atoms with Gasteiger partial charge in [-0.25, -0.2) is 12.8 Å². The van der Waals surface area contributed by atoms with E-state index in [1.807, 2.05) is 0 Å². The van der Waals surface area contributed by atoms with Crippen LogP contribution in [0.15, 0.2) is 53.3 Å². The van der Waals surface area contributed by atoms with Crippen LogP contribution in [0, 0.1) is 15.6 Å². The molecule has 2 aromatic carbocycles. The minimum Gasteiger partial charge on any atom is -0.349 e. The van der Waals surface area contributed by atoms with Gasteiger partial charge in [0.05, 0.1) is 8.57 Å². The zero-order valence-electron chi connectivity index (χ0n) is 18.1. The predicted molar refractivity (Wildman–Crippen MR) is 140 cm³/mol. The van der Waals surface area contributed by atoms with Crippen LogP contribution in [0.1, 0.15) is 34.3 Å². The predicted octanol–water partition coefficient (Wildman–Crippen LogP) is 5.83. The lowest BCUT2D eigenvalue weighted by molar-refractivity contribution is 0.0950. The number of carbonyl (C=O) groups excluding carboxylic acids is 1. The van der Waals surface area contributed by atoms with Gasteiger partial charge in [-0.15, -0.1) is 11.3 Å². The van der Waals surface area contributed by atoms with Crippen LogP contribution in [0.2, 0.25) is 0 Å². The highest BCUT2D eigenvalue weighted by molar-refractivity contribution is 14.1. The fourth-order valence-electron chi connectivity index (χ4n) is 3.48. The smallest absolute Gasteiger partial charge is 0.273 e. The second kappa shape index (κ2) is 9.19. The van der Waals surface area contributed by atoms with Gasteiger partial charge in [-0.2, -0.15) is 0 Å². The van der Waals surface area contributed by atoms with Gasteiger partial charge in [0.25, 0.3) is 15.9 Å². The summed E-state index contributed by atoms with van der Waals surface area (Å²) in [6, 6.07) is 11.6. The number of halogens is 2. The third-order valence-electron chi connectivity index (χ3n) is 5.58. The molecular formula is C24H22FIN2O3S2. The van der Waals surface area contributed by atoms with E-state index in [0.29, 0.717) is 27.9 Å². The summed E-state index contributed by atoms with van der Waals surface area (Å²) >= 11 is 3.29. The summed E-state index contributed by atoms with van der Waals surface area (Å²) in [7, 11) is -2.24. The van der Waals surface area contributed by atoms with Gasteiger partial charge in [-0.05, 0) is 101 Å². The Morgan fingerprint density at radius 1 is 1.24 bits per heavy atom. The first-order chi connectivity index (χ1) is 15.6. The topological polar surface area (TPSA) is 66.5 Å². The number of rotatable bonds is 7. The maximum absolute atomic E-state index is 14.7. The van der Waals surface area contributed by atoms with Gasteiger partial charge in [-0.3, -0.25) is 9.10 Å². The molecule has 3 aromatic rings. The van der Waals surface area contributed by atoms with Crippen LogP contribution < -0.4 is 9.62 Å². The molecule has 5 nitrogen and oxygen atoms in total. The molecule has 9 heteroatoms. The van der Waals surface area contributed by atoms with Gasteiger partial charge in [0.2, 0.25) is 0 Å². The van der Waals surface area contributed by atoms with Crippen molar-refractivity contribution in [2.24, 2.45) is 0 Å². The van der Waals surface area contributed by atoms with E-state index in [9.17, 15) is 17.6 Å². The number of benzene rings is 2. The minimum absolute atomic E-state index is 0.168. The van der Waals surface area contributed by atoms with E-state index in [1.165, 1.54) is 28.8 Å². The number of thiophene rings is 1. The zero-order valence-corrected chi connectivity index (χ0v) is 21.9. The fourth-order valence-corrected chi connectivity index (χ4v) is 7.24. The molecule has 0 aliphatic heterocycles. The van der Waals surface area contributed by atoms with Gasteiger partial charge in [0.1, 0.15) is 10.0 Å². The van der Waals surface area contributed by atoms with E-state index >= 15 is 0 Å². The molecule has 1 heterocycles. The Kier molecular flexibility index (Phi) is 6.66. The van der Waals surface area contributed by atoms with Crippen LogP contribution in [-0.2, 0) is 10.0 Å². The Morgan fingerprint density at radius 2 is 1.97 bits per heavy atom. The second-order valence-corrected chi connectivity index (χ2v) is 13.1. The highest BCUT2D eigenvalue weighted by Gasteiger charge is 2.26. The molecule has 1 aliphatic rings. The molecular weight excluding hydrogens is 574 g/mol. The molecule has 4 rings (SSSR count). The number of hydrogen-bond acceptors (Lipinski definition) is 4. The lowest BCUT2D eigenvalue weighted by Crippen LogP contribution is -2.26. The van der Waals surface area contributed by atoms with Crippen LogP contribution in [-0.4, -0.2) is 27.4 Å². The van der Waals surface area contributed by atoms with Crippen molar-refractivity contribution in [3.05, 3.63) is 74.4 Å². The molecule has 1 aliphatic carbocycles. The summed E-state index contributed by atoms with van der Waals surface area (Å²) in [5, 5.41) is 2.88. The molecule has 0 saturated heterocycles. The molecule has 172 valence electrons. The largest absolute Gasteiger partial charge is 0.349 e. The van der Waals surface area contributed by atoms with Gasteiger partial charge in [0, 0.05) is 18.7 Å². The van der Waals surface area contributed by atoms with Crippen molar-refractivity contribution < 1.29 is 17.6 Å². The molecule has 33 heavy (non-hydrogen) atoms. The number of nitrogens with zero attached hydrogens (tertiary/aromatic N) is 1. The van der Waals surface area contributed by atoms with Gasteiger partial charge in [-0.1, -0.05) is 18.7 Å². The standard InChI is InChI=1S/C24H22FIN2O3S2/c1-4-15-11-16(5-8-21(15)28(3)33(30,31)23-10-9-22(26)32-23)19-12-17(13-20(25)14(19)2)24(29)27-18-6-7-18/h4-5,8-13,18H,1,6-7H2,2-3H3,(H,27,29). The molecule has 1 fully saturated rings. The van der Waals surface area contributed by atoms with E-state index in [2.05, 4.69) is 34.5 Å². The highest BCUT2D eigenvalue weighted by atomic mass is 127. The van der Waals surface area contributed by atoms with Crippen molar-refractivity contribution in [3.63, 3.8) is 0 Å². The first-order valence-corrected chi connectivity index (χ1v) is 13.6. The van der Waals surface area contributed by atoms with Crippen molar-refractivity contribution >= 4 is 61.6 Å². The molecule has 1 saturated carbocycles. The summed E-state index contributed by atoms with van der Waals surface area (Å²) in [5.74, 6) is -0.765. The van der Waals surface area contributed by atoms with E-state index in [-0.39, 0.29) is 21.7 Å². The Balaban J connectivity index is 1.73. The van der Waals surface area contributed by atoms with Gasteiger partial charge < -0.3 is 5.32 Å². The molecule has 0 bridgehead atoms. The number of sulfonamides is 1. The Labute approximate surface area is 210 Å². The highest BCUT2D eigenvalue weighted by Crippen LogP contribution is 2.35. The average Bonchev–Trinajstić information content (AvgIpc) is 3.50. The quantitative estimate of drug-likeness (QED) is 0.350. The Morgan fingerprint density at radius 3 is 2.58 bits per heavy atom. The van der Waals surface area contributed by atoms with Crippen LogP contribution >= 0.6 is 33.9 Å². The Bertz CT molecular complexity index is 1360. The van der Waals surface area contributed by atoms with Gasteiger partial charge >= 0.3 is 0 Å². The summed E-state index contributed by atoms with van der Waals surface area (Å²) in [5.41, 5.74) is 2.95. The number of hydrogen-bond donors (Lipinski definition) is 1. The third kappa shape index (κ3) is 4.85.